The number of nitrogens with zero attached hydrogens (tertiary/aromatic N) is 2. The monoisotopic (exact) mass is 302 g/mol. The van der Waals surface area contributed by atoms with E-state index in [2.05, 4.69) is 16.7 Å². The Kier molecular flexibility index (Phi) is 2.82. The van der Waals surface area contributed by atoms with E-state index in [-0.39, 0.29) is 11.6 Å². The topological polar surface area (TPSA) is 32.8 Å². The van der Waals surface area contributed by atoms with Gasteiger partial charge in [0.15, 0.2) is 5.60 Å². The van der Waals surface area contributed by atoms with E-state index >= 15 is 0 Å². The van der Waals surface area contributed by atoms with Crippen molar-refractivity contribution in [3.05, 3.63) is 11.6 Å². The Balaban J connectivity index is 1.53. The van der Waals surface area contributed by atoms with Gasteiger partial charge in [-0.15, -0.1) is 0 Å². The SMILES string of the molecule is CC1CCN(C2CC3=CC(=O)OC34CC2N2CCCCC24)C1. The quantitative estimate of drug-likeness (QED) is 0.693. The van der Waals surface area contributed by atoms with E-state index in [1.807, 2.05) is 6.08 Å². The Hall–Kier alpha value is -0.870. The lowest BCUT2D eigenvalue weighted by Crippen LogP contribution is -2.51. The van der Waals surface area contributed by atoms with Gasteiger partial charge in [0.2, 0.25) is 0 Å². The average molecular weight is 302 g/mol. The molecule has 1 aliphatic carbocycles. The number of ether oxygens (including phenoxy) is 1. The van der Waals surface area contributed by atoms with Crippen LogP contribution in [0.3, 0.4) is 0 Å². The molecule has 3 saturated heterocycles. The van der Waals surface area contributed by atoms with Gasteiger partial charge in [0.1, 0.15) is 0 Å². The molecule has 5 atom stereocenters. The summed E-state index contributed by atoms with van der Waals surface area (Å²) in [5, 5.41) is 0. The Bertz CT molecular complexity index is 545. The van der Waals surface area contributed by atoms with Crippen LogP contribution < -0.4 is 0 Å². The summed E-state index contributed by atoms with van der Waals surface area (Å²) in [4.78, 5) is 17.4. The fourth-order valence-corrected chi connectivity index (χ4v) is 6.00. The first-order valence-corrected chi connectivity index (χ1v) is 9.11. The number of esters is 1. The summed E-state index contributed by atoms with van der Waals surface area (Å²) in [5.41, 5.74) is 1.07. The van der Waals surface area contributed by atoms with E-state index < -0.39 is 0 Å². The second-order valence-electron chi connectivity index (χ2n) is 8.16. The zero-order valence-corrected chi connectivity index (χ0v) is 13.5. The number of fused-ring (bicyclic) bond motifs is 3. The minimum Gasteiger partial charge on any atom is -0.450 e. The van der Waals surface area contributed by atoms with Crippen LogP contribution in [0.25, 0.3) is 0 Å². The van der Waals surface area contributed by atoms with Crippen molar-refractivity contribution in [2.24, 2.45) is 5.92 Å². The summed E-state index contributed by atoms with van der Waals surface area (Å²) >= 11 is 0. The van der Waals surface area contributed by atoms with Gasteiger partial charge in [0.25, 0.3) is 0 Å². The van der Waals surface area contributed by atoms with Crippen LogP contribution in [0.15, 0.2) is 11.6 Å². The maximum Gasteiger partial charge on any atom is 0.331 e. The molecule has 0 N–H and O–H groups in total. The second-order valence-corrected chi connectivity index (χ2v) is 8.16. The molecule has 5 rings (SSSR count). The Morgan fingerprint density at radius 1 is 1.23 bits per heavy atom. The van der Waals surface area contributed by atoms with Crippen molar-refractivity contribution in [2.75, 3.05) is 19.6 Å². The highest BCUT2D eigenvalue weighted by Gasteiger charge is 2.64. The Morgan fingerprint density at radius 2 is 2.14 bits per heavy atom. The van der Waals surface area contributed by atoms with Gasteiger partial charge in [0, 0.05) is 31.1 Å². The van der Waals surface area contributed by atoms with Crippen molar-refractivity contribution in [3.63, 3.8) is 0 Å². The summed E-state index contributed by atoms with van der Waals surface area (Å²) < 4.78 is 5.95. The van der Waals surface area contributed by atoms with Crippen LogP contribution in [0.5, 0.6) is 0 Å². The van der Waals surface area contributed by atoms with Crippen molar-refractivity contribution in [2.45, 2.75) is 69.2 Å². The Labute approximate surface area is 132 Å². The standard InChI is InChI=1S/C18H26N2O2/c1-12-5-7-19(11-12)14-8-13-9-17(21)22-18(13)10-15(14)20-6-3-2-4-16(18)20/h9,12,14-16H,2-8,10-11H2,1H3. The highest BCUT2D eigenvalue weighted by atomic mass is 16.6. The van der Waals surface area contributed by atoms with E-state index in [0.29, 0.717) is 18.1 Å². The molecule has 5 unspecified atom stereocenters. The van der Waals surface area contributed by atoms with E-state index in [1.165, 1.54) is 50.9 Å². The fourth-order valence-electron chi connectivity index (χ4n) is 6.00. The summed E-state index contributed by atoms with van der Waals surface area (Å²) in [7, 11) is 0. The van der Waals surface area contributed by atoms with Crippen molar-refractivity contribution in [1.82, 2.24) is 9.80 Å². The highest BCUT2D eigenvalue weighted by molar-refractivity contribution is 5.87. The summed E-state index contributed by atoms with van der Waals surface area (Å²) in [5.74, 6) is 0.734. The van der Waals surface area contributed by atoms with Crippen LogP contribution in [0, 0.1) is 5.92 Å². The maximum atomic E-state index is 12.0. The first kappa shape index (κ1) is 13.6. The van der Waals surface area contributed by atoms with Gasteiger partial charge in [-0.05, 0) is 50.3 Å². The molecule has 1 saturated carbocycles. The number of piperidine rings is 1. The van der Waals surface area contributed by atoms with Crippen LogP contribution in [0.4, 0.5) is 0 Å². The van der Waals surface area contributed by atoms with Gasteiger partial charge in [-0.2, -0.15) is 0 Å². The van der Waals surface area contributed by atoms with Crippen LogP contribution >= 0.6 is 0 Å². The predicted molar refractivity (Wildman–Crippen MR) is 83.4 cm³/mol. The summed E-state index contributed by atoms with van der Waals surface area (Å²) in [6.07, 6.45) is 9.04. The molecule has 1 spiro atoms. The zero-order valence-electron chi connectivity index (χ0n) is 13.5. The van der Waals surface area contributed by atoms with Gasteiger partial charge in [-0.3, -0.25) is 9.80 Å². The fraction of sp³-hybridized carbons (Fsp3) is 0.833. The molecule has 4 heterocycles. The molecule has 0 aromatic carbocycles. The molecule has 4 nitrogen and oxygen atoms in total. The van der Waals surface area contributed by atoms with Gasteiger partial charge in [0.05, 0.1) is 6.04 Å². The second kappa shape index (κ2) is 4.57. The number of likely N-dealkylation sites (tertiary alicyclic amines) is 1. The van der Waals surface area contributed by atoms with Crippen molar-refractivity contribution < 1.29 is 9.53 Å². The third kappa shape index (κ3) is 1.68. The van der Waals surface area contributed by atoms with E-state index in [0.717, 1.165) is 18.8 Å². The number of carbonyl (C=O) groups is 1. The van der Waals surface area contributed by atoms with Gasteiger partial charge >= 0.3 is 5.97 Å². The van der Waals surface area contributed by atoms with Crippen molar-refractivity contribution in [1.29, 1.82) is 0 Å². The lowest BCUT2D eigenvalue weighted by Gasteiger charge is -2.40. The molecule has 2 bridgehead atoms. The van der Waals surface area contributed by atoms with E-state index in [1.54, 1.807) is 0 Å². The molecule has 0 amide bonds. The number of rotatable bonds is 1. The lowest BCUT2D eigenvalue weighted by atomic mass is 9.75. The largest absolute Gasteiger partial charge is 0.450 e. The first-order chi connectivity index (χ1) is 10.7. The molecule has 4 heteroatoms. The minimum atomic E-state index is -0.246. The predicted octanol–water partition coefficient (Wildman–Crippen LogP) is 1.95. The van der Waals surface area contributed by atoms with Crippen molar-refractivity contribution >= 4 is 5.97 Å². The van der Waals surface area contributed by atoms with Gasteiger partial charge in [-0.1, -0.05) is 13.3 Å². The third-order valence-corrected chi connectivity index (χ3v) is 6.94. The molecule has 120 valence electrons. The number of carbonyl (C=O) groups excluding carboxylic acids is 1. The molecule has 4 aliphatic heterocycles. The first-order valence-electron chi connectivity index (χ1n) is 9.11. The lowest BCUT2D eigenvalue weighted by molar-refractivity contribution is -0.148. The maximum absolute atomic E-state index is 12.0. The Morgan fingerprint density at radius 3 is 2.95 bits per heavy atom. The smallest absolute Gasteiger partial charge is 0.331 e. The zero-order chi connectivity index (χ0) is 14.9. The van der Waals surface area contributed by atoms with Gasteiger partial charge in [-0.25, -0.2) is 4.79 Å². The molecule has 0 radical (unpaired) electrons. The number of hydrogen-bond donors (Lipinski definition) is 0. The highest BCUT2D eigenvalue weighted by Crippen LogP contribution is 2.55. The summed E-state index contributed by atoms with van der Waals surface area (Å²) in [6, 6.07) is 1.65. The van der Waals surface area contributed by atoms with Crippen LogP contribution in [-0.4, -0.2) is 59.1 Å². The molecular weight excluding hydrogens is 276 g/mol. The average Bonchev–Trinajstić information content (AvgIpc) is 3.15. The normalized spacial score (nSPS) is 48.0. The molecule has 4 fully saturated rings. The van der Waals surface area contributed by atoms with Gasteiger partial charge < -0.3 is 4.74 Å². The molecule has 5 aliphatic rings. The molecule has 22 heavy (non-hydrogen) atoms. The number of hydrogen-bond acceptors (Lipinski definition) is 4. The van der Waals surface area contributed by atoms with E-state index in [4.69, 9.17) is 4.74 Å². The van der Waals surface area contributed by atoms with Crippen molar-refractivity contribution in [3.8, 4) is 0 Å². The molecule has 0 aromatic heterocycles. The summed E-state index contributed by atoms with van der Waals surface area (Å²) in [6.45, 7) is 6.03. The third-order valence-electron chi connectivity index (χ3n) is 6.94. The van der Waals surface area contributed by atoms with Crippen LogP contribution in [-0.2, 0) is 9.53 Å². The molecule has 0 aromatic rings. The van der Waals surface area contributed by atoms with Crippen LogP contribution in [0.2, 0.25) is 0 Å². The molecular formula is C18H26N2O2. The van der Waals surface area contributed by atoms with E-state index in [9.17, 15) is 4.79 Å². The van der Waals surface area contributed by atoms with Crippen LogP contribution in [0.1, 0.15) is 45.4 Å². The minimum absolute atomic E-state index is 0.0865.